The number of hydrogen-bond donors (Lipinski definition) is 2. The SMILES string of the molecule is C=C(/C=C\C(=C)NN)CC. The van der Waals surface area contributed by atoms with E-state index < -0.39 is 0 Å². The first-order chi connectivity index (χ1) is 4.70. The summed E-state index contributed by atoms with van der Waals surface area (Å²) in [6.07, 6.45) is 4.64. The normalized spacial score (nSPS) is 9.80. The Bertz CT molecular complexity index is 139. The molecule has 0 saturated heterocycles. The molecule has 0 aliphatic carbocycles. The van der Waals surface area contributed by atoms with Crippen molar-refractivity contribution in [3.63, 3.8) is 0 Å². The van der Waals surface area contributed by atoms with Crippen LogP contribution in [0.15, 0.2) is 36.6 Å². The van der Waals surface area contributed by atoms with Crippen molar-refractivity contribution in [2.45, 2.75) is 13.3 Å². The zero-order valence-electron chi connectivity index (χ0n) is 6.35. The van der Waals surface area contributed by atoms with E-state index in [1.165, 1.54) is 0 Å². The molecular formula is C8H14N2. The van der Waals surface area contributed by atoms with Crippen LogP contribution in [-0.2, 0) is 0 Å². The number of allylic oxidation sites excluding steroid dienone is 3. The average Bonchev–Trinajstić information content (AvgIpc) is 1.99. The molecule has 2 nitrogen and oxygen atoms in total. The Kier molecular flexibility index (Phi) is 4.33. The van der Waals surface area contributed by atoms with E-state index in [-0.39, 0.29) is 0 Å². The summed E-state index contributed by atoms with van der Waals surface area (Å²) in [6.45, 7) is 9.45. The molecule has 0 aromatic carbocycles. The molecule has 0 aromatic rings. The molecule has 0 atom stereocenters. The Hall–Kier alpha value is -1.02. The average molecular weight is 138 g/mol. The summed E-state index contributed by atoms with van der Waals surface area (Å²) >= 11 is 0. The van der Waals surface area contributed by atoms with E-state index in [2.05, 4.69) is 18.6 Å². The molecule has 56 valence electrons. The van der Waals surface area contributed by atoms with Gasteiger partial charge in [0.25, 0.3) is 0 Å². The van der Waals surface area contributed by atoms with Crippen LogP contribution >= 0.6 is 0 Å². The van der Waals surface area contributed by atoms with Gasteiger partial charge in [0.2, 0.25) is 0 Å². The Balaban J connectivity index is 3.75. The second kappa shape index (κ2) is 4.82. The topological polar surface area (TPSA) is 38.0 Å². The molecule has 0 bridgehead atoms. The molecule has 10 heavy (non-hydrogen) atoms. The van der Waals surface area contributed by atoms with Crippen molar-refractivity contribution in [2.24, 2.45) is 5.84 Å². The molecule has 0 saturated carbocycles. The van der Waals surface area contributed by atoms with Gasteiger partial charge in [-0.25, -0.2) is 0 Å². The fraction of sp³-hybridized carbons (Fsp3) is 0.250. The smallest absolute Gasteiger partial charge is 0.0413 e. The summed E-state index contributed by atoms with van der Waals surface area (Å²) in [5.41, 5.74) is 4.18. The third-order valence-corrected chi connectivity index (χ3v) is 1.16. The van der Waals surface area contributed by atoms with Gasteiger partial charge in [-0.3, -0.25) is 5.84 Å². The molecule has 0 spiro atoms. The van der Waals surface area contributed by atoms with Gasteiger partial charge in [-0.05, 0) is 12.5 Å². The maximum Gasteiger partial charge on any atom is 0.0413 e. The fourth-order valence-electron chi connectivity index (χ4n) is 0.384. The van der Waals surface area contributed by atoms with Gasteiger partial charge in [0.1, 0.15) is 0 Å². The van der Waals surface area contributed by atoms with Crippen LogP contribution in [0.2, 0.25) is 0 Å². The zero-order chi connectivity index (χ0) is 7.98. The highest BCUT2D eigenvalue weighted by atomic mass is 15.2. The summed E-state index contributed by atoms with van der Waals surface area (Å²) in [5, 5.41) is 0. The minimum atomic E-state index is 0.689. The molecule has 0 aliphatic rings. The van der Waals surface area contributed by atoms with Crippen LogP contribution in [0.25, 0.3) is 0 Å². The second-order valence-electron chi connectivity index (χ2n) is 2.01. The molecule has 2 heteroatoms. The molecular weight excluding hydrogens is 124 g/mol. The van der Waals surface area contributed by atoms with Gasteiger partial charge in [0.05, 0.1) is 0 Å². The summed E-state index contributed by atoms with van der Waals surface area (Å²) in [4.78, 5) is 0. The Labute approximate surface area is 62.1 Å². The van der Waals surface area contributed by atoms with Gasteiger partial charge in [-0.15, -0.1) is 0 Å². The minimum absolute atomic E-state index is 0.689. The number of hydrogen-bond acceptors (Lipinski definition) is 2. The largest absolute Gasteiger partial charge is 0.325 e. The van der Waals surface area contributed by atoms with E-state index >= 15 is 0 Å². The first kappa shape index (κ1) is 8.98. The highest BCUT2D eigenvalue weighted by molar-refractivity contribution is 5.22. The maximum atomic E-state index is 5.07. The molecule has 0 rings (SSSR count). The monoisotopic (exact) mass is 138 g/mol. The van der Waals surface area contributed by atoms with Crippen LogP contribution in [0, 0.1) is 0 Å². The summed E-state index contributed by atoms with van der Waals surface area (Å²) in [6, 6.07) is 0. The van der Waals surface area contributed by atoms with E-state index in [9.17, 15) is 0 Å². The van der Waals surface area contributed by atoms with Crippen molar-refractivity contribution in [1.82, 2.24) is 5.43 Å². The molecule has 0 fully saturated rings. The van der Waals surface area contributed by atoms with Crippen molar-refractivity contribution in [3.05, 3.63) is 36.6 Å². The number of hydrazine groups is 1. The standard InChI is InChI=1S/C8H14N2/c1-4-7(2)5-6-8(3)10-9/h5-6,10H,2-4,9H2,1H3/b6-5-. The highest BCUT2D eigenvalue weighted by Crippen LogP contribution is 1.98. The quantitative estimate of drug-likeness (QED) is 0.351. The van der Waals surface area contributed by atoms with Gasteiger partial charge in [0.15, 0.2) is 0 Å². The lowest BCUT2D eigenvalue weighted by Crippen LogP contribution is -2.18. The third-order valence-electron chi connectivity index (χ3n) is 1.16. The van der Waals surface area contributed by atoms with E-state index in [0.29, 0.717) is 5.70 Å². The summed E-state index contributed by atoms with van der Waals surface area (Å²) in [7, 11) is 0. The summed E-state index contributed by atoms with van der Waals surface area (Å²) < 4.78 is 0. The zero-order valence-corrected chi connectivity index (χ0v) is 6.35. The van der Waals surface area contributed by atoms with Crippen LogP contribution in [0.1, 0.15) is 13.3 Å². The van der Waals surface area contributed by atoms with Gasteiger partial charge < -0.3 is 5.43 Å². The molecule has 0 aromatic heterocycles. The Morgan fingerprint density at radius 3 is 2.50 bits per heavy atom. The maximum absolute atomic E-state index is 5.07. The van der Waals surface area contributed by atoms with Crippen LogP contribution in [0.4, 0.5) is 0 Å². The Morgan fingerprint density at radius 1 is 1.50 bits per heavy atom. The number of nitrogens with two attached hydrogens (primary N) is 1. The van der Waals surface area contributed by atoms with E-state index in [1.807, 2.05) is 13.0 Å². The van der Waals surface area contributed by atoms with Crippen molar-refractivity contribution in [3.8, 4) is 0 Å². The van der Waals surface area contributed by atoms with Gasteiger partial charge in [-0.1, -0.05) is 31.7 Å². The van der Waals surface area contributed by atoms with Crippen LogP contribution < -0.4 is 11.3 Å². The molecule has 0 heterocycles. The summed E-state index contributed by atoms with van der Waals surface area (Å²) in [5.74, 6) is 5.07. The van der Waals surface area contributed by atoms with Crippen molar-refractivity contribution in [2.75, 3.05) is 0 Å². The highest BCUT2D eigenvalue weighted by Gasteiger charge is 1.82. The van der Waals surface area contributed by atoms with Crippen molar-refractivity contribution < 1.29 is 0 Å². The number of nitrogens with one attached hydrogen (secondary N) is 1. The first-order valence-corrected chi connectivity index (χ1v) is 3.22. The van der Waals surface area contributed by atoms with Crippen LogP contribution in [-0.4, -0.2) is 0 Å². The van der Waals surface area contributed by atoms with Crippen molar-refractivity contribution >= 4 is 0 Å². The predicted molar refractivity (Wildman–Crippen MR) is 45.0 cm³/mol. The van der Waals surface area contributed by atoms with Gasteiger partial charge in [-0.2, -0.15) is 0 Å². The molecule has 0 aliphatic heterocycles. The van der Waals surface area contributed by atoms with Crippen LogP contribution in [0.5, 0.6) is 0 Å². The van der Waals surface area contributed by atoms with Gasteiger partial charge in [0, 0.05) is 5.70 Å². The lowest BCUT2D eigenvalue weighted by atomic mass is 10.2. The molecule has 0 unspecified atom stereocenters. The predicted octanol–water partition coefficient (Wildman–Crippen LogP) is 1.49. The molecule has 0 amide bonds. The van der Waals surface area contributed by atoms with E-state index in [4.69, 9.17) is 5.84 Å². The van der Waals surface area contributed by atoms with Crippen molar-refractivity contribution in [1.29, 1.82) is 0 Å². The lowest BCUT2D eigenvalue weighted by Gasteiger charge is -1.95. The minimum Gasteiger partial charge on any atom is -0.325 e. The molecule has 3 N–H and O–H groups in total. The Morgan fingerprint density at radius 2 is 2.10 bits per heavy atom. The van der Waals surface area contributed by atoms with Crippen LogP contribution in [0.3, 0.4) is 0 Å². The van der Waals surface area contributed by atoms with E-state index in [0.717, 1.165) is 12.0 Å². The first-order valence-electron chi connectivity index (χ1n) is 3.22. The third kappa shape index (κ3) is 3.92. The number of rotatable bonds is 4. The molecule has 0 radical (unpaired) electrons. The fourth-order valence-corrected chi connectivity index (χ4v) is 0.384. The lowest BCUT2D eigenvalue weighted by molar-refractivity contribution is 0.921. The van der Waals surface area contributed by atoms with Gasteiger partial charge >= 0.3 is 0 Å². The van der Waals surface area contributed by atoms with E-state index in [1.54, 1.807) is 6.08 Å². The second-order valence-corrected chi connectivity index (χ2v) is 2.01.